The second-order valence-corrected chi connectivity index (χ2v) is 5.41. The van der Waals surface area contributed by atoms with Crippen molar-refractivity contribution in [3.8, 4) is 5.75 Å². The average Bonchev–Trinajstić information content (AvgIpc) is 3.04. The van der Waals surface area contributed by atoms with Crippen LogP contribution in [-0.2, 0) is 13.0 Å². The second kappa shape index (κ2) is 5.12. The lowest BCUT2D eigenvalue weighted by Gasteiger charge is -2.07. The smallest absolute Gasteiger partial charge is 0.163 e. The van der Waals surface area contributed by atoms with Gasteiger partial charge in [-0.25, -0.2) is 0 Å². The van der Waals surface area contributed by atoms with Gasteiger partial charge in [-0.3, -0.25) is 9.48 Å². The molecule has 4 heteroatoms. The number of carbonyl (C=O) groups excluding carboxylic acids is 1. The molecule has 4 nitrogen and oxygen atoms in total. The van der Waals surface area contributed by atoms with E-state index in [2.05, 4.69) is 18.9 Å². The van der Waals surface area contributed by atoms with Crippen LogP contribution in [0.25, 0.3) is 0 Å². The molecule has 2 aromatic rings. The Morgan fingerprint density at radius 1 is 1.30 bits per heavy atom. The van der Waals surface area contributed by atoms with Gasteiger partial charge in [-0.05, 0) is 50.1 Å². The number of Topliss-reactive ketones (excluding diaryl/α,β-unsaturated/α-hetero) is 1. The Hall–Kier alpha value is -2.10. The van der Waals surface area contributed by atoms with Crippen molar-refractivity contribution in [2.75, 3.05) is 0 Å². The maximum Gasteiger partial charge on any atom is 0.163 e. The van der Waals surface area contributed by atoms with E-state index < -0.39 is 0 Å². The van der Waals surface area contributed by atoms with Crippen molar-refractivity contribution in [2.24, 2.45) is 0 Å². The molecule has 0 unspecified atom stereocenters. The number of ether oxygens (including phenoxy) is 1. The fourth-order valence-corrected chi connectivity index (χ4v) is 2.42. The summed E-state index contributed by atoms with van der Waals surface area (Å²) in [7, 11) is 0. The van der Waals surface area contributed by atoms with Gasteiger partial charge in [0.2, 0.25) is 0 Å². The van der Waals surface area contributed by atoms with Gasteiger partial charge in [0.05, 0.1) is 5.69 Å². The molecule has 1 aliphatic rings. The van der Waals surface area contributed by atoms with Gasteiger partial charge in [0.1, 0.15) is 12.4 Å². The van der Waals surface area contributed by atoms with Gasteiger partial charge < -0.3 is 4.74 Å². The third-order valence-corrected chi connectivity index (χ3v) is 3.58. The number of ketones is 1. The van der Waals surface area contributed by atoms with E-state index in [4.69, 9.17) is 4.74 Å². The normalized spacial score (nSPS) is 13.8. The van der Waals surface area contributed by atoms with Gasteiger partial charge in [0.25, 0.3) is 0 Å². The summed E-state index contributed by atoms with van der Waals surface area (Å²) in [6, 6.07) is 8.03. The van der Waals surface area contributed by atoms with Crippen molar-refractivity contribution in [3.05, 3.63) is 47.3 Å². The third kappa shape index (κ3) is 2.46. The molecule has 1 aliphatic carbocycles. The Labute approximate surface area is 118 Å². The summed E-state index contributed by atoms with van der Waals surface area (Å²) >= 11 is 0. The van der Waals surface area contributed by atoms with Crippen LogP contribution < -0.4 is 4.74 Å². The highest BCUT2D eigenvalue weighted by Gasteiger charge is 2.19. The van der Waals surface area contributed by atoms with Crippen LogP contribution in [0, 0.1) is 0 Å². The number of aryl methyl sites for hydroxylation is 1. The summed E-state index contributed by atoms with van der Waals surface area (Å²) in [4.78, 5) is 11.6. The predicted octanol–water partition coefficient (Wildman–Crippen LogP) is 3.17. The zero-order chi connectivity index (χ0) is 14.1. The van der Waals surface area contributed by atoms with Crippen LogP contribution in [0.4, 0.5) is 0 Å². The van der Waals surface area contributed by atoms with E-state index in [0.717, 1.165) is 29.0 Å². The molecular weight excluding hydrogens is 252 g/mol. The van der Waals surface area contributed by atoms with E-state index in [1.54, 1.807) is 0 Å². The van der Waals surface area contributed by atoms with Crippen molar-refractivity contribution in [1.29, 1.82) is 0 Å². The van der Waals surface area contributed by atoms with Gasteiger partial charge in [-0.15, -0.1) is 0 Å². The molecule has 1 heterocycles. The van der Waals surface area contributed by atoms with Gasteiger partial charge in [0, 0.05) is 24.2 Å². The molecule has 0 saturated carbocycles. The molecule has 0 spiro atoms. The molecule has 0 aliphatic heterocycles. The SMILES string of the molecule is CC(C)n1ccc(COc2ccc3c(c2)CCC3=O)n1. The summed E-state index contributed by atoms with van der Waals surface area (Å²) in [5.41, 5.74) is 2.86. The van der Waals surface area contributed by atoms with Crippen LogP contribution in [0.2, 0.25) is 0 Å². The highest BCUT2D eigenvalue weighted by atomic mass is 16.5. The fraction of sp³-hybridized carbons (Fsp3) is 0.375. The summed E-state index contributed by atoms with van der Waals surface area (Å²) < 4.78 is 7.68. The monoisotopic (exact) mass is 270 g/mol. The minimum absolute atomic E-state index is 0.238. The number of fused-ring (bicyclic) bond motifs is 1. The van der Waals surface area contributed by atoms with Gasteiger partial charge in [-0.1, -0.05) is 0 Å². The Bertz CT molecular complexity index is 644. The maximum atomic E-state index is 11.6. The molecule has 0 fully saturated rings. The van der Waals surface area contributed by atoms with Gasteiger partial charge in [0.15, 0.2) is 5.78 Å². The zero-order valence-electron chi connectivity index (χ0n) is 11.8. The molecule has 1 aromatic heterocycles. The number of aromatic nitrogens is 2. The number of hydrogen-bond donors (Lipinski definition) is 0. The lowest BCUT2D eigenvalue weighted by Crippen LogP contribution is -2.03. The Kier molecular flexibility index (Phi) is 3.30. The number of nitrogens with zero attached hydrogens (tertiary/aromatic N) is 2. The molecule has 0 radical (unpaired) electrons. The molecule has 20 heavy (non-hydrogen) atoms. The van der Waals surface area contributed by atoms with E-state index in [1.165, 1.54) is 0 Å². The standard InChI is InChI=1S/C16H18N2O2/c1-11(2)18-8-7-13(17-18)10-20-14-4-5-15-12(9-14)3-6-16(15)19/h4-5,7-9,11H,3,6,10H2,1-2H3. The first-order valence-electron chi connectivity index (χ1n) is 6.96. The van der Waals surface area contributed by atoms with E-state index in [1.807, 2.05) is 35.1 Å². The van der Waals surface area contributed by atoms with Crippen molar-refractivity contribution in [1.82, 2.24) is 9.78 Å². The molecule has 0 saturated heterocycles. The number of benzene rings is 1. The van der Waals surface area contributed by atoms with Crippen LogP contribution in [0.1, 0.15) is 47.9 Å². The summed E-state index contributed by atoms with van der Waals surface area (Å²) in [5, 5.41) is 4.45. The maximum absolute atomic E-state index is 11.6. The minimum atomic E-state index is 0.238. The lowest BCUT2D eigenvalue weighted by atomic mass is 10.1. The molecule has 3 rings (SSSR count). The molecule has 104 valence electrons. The van der Waals surface area contributed by atoms with E-state index in [0.29, 0.717) is 19.1 Å². The molecule has 1 aromatic carbocycles. The lowest BCUT2D eigenvalue weighted by molar-refractivity contribution is 0.0994. The third-order valence-electron chi connectivity index (χ3n) is 3.58. The van der Waals surface area contributed by atoms with Gasteiger partial charge >= 0.3 is 0 Å². The van der Waals surface area contributed by atoms with Crippen LogP contribution in [0.3, 0.4) is 0 Å². The van der Waals surface area contributed by atoms with Crippen molar-refractivity contribution >= 4 is 5.78 Å². The van der Waals surface area contributed by atoms with Crippen LogP contribution in [-0.4, -0.2) is 15.6 Å². The first-order chi connectivity index (χ1) is 9.63. The molecule has 0 bridgehead atoms. The fourth-order valence-electron chi connectivity index (χ4n) is 2.42. The van der Waals surface area contributed by atoms with E-state index in [-0.39, 0.29) is 5.78 Å². The van der Waals surface area contributed by atoms with Crippen molar-refractivity contribution in [3.63, 3.8) is 0 Å². The number of hydrogen-bond acceptors (Lipinski definition) is 3. The Morgan fingerprint density at radius 3 is 2.90 bits per heavy atom. The summed E-state index contributed by atoms with van der Waals surface area (Å²) in [6.45, 7) is 4.64. The zero-order valence-corrected chi connectivity index (χ0v) is 11.8. The van der Waals surface area contributed by atoms with Crippen molar-refractivity contribution in [2.45, 2.75) is 39.3 Å². The highest BCUT2D eigenvalue weighted by molar-refractivity contribution is 6.00. The van der Waals surface area contributed by atoms with Gasteiger partial charge in [-0.2, -0.15) is 5.10 Å². The Balaban J connectivity index is 1.68. The first kappa shape index (κ1) is 12.9. The quantitative estimate of drug-likeness (QED) is 0.857. The largest absolute Gasteiger partial charge is 0.487 e. The number of rotatable bonds is 4. The van der Waals surface area contributed by atoms with Crippen LogP contribution >= 0.6 is 0 Å². The van der Waals surface area contributed by atoms with E-state index >= 15 is 0 Å². The molecular formula is C16H18N2O2. The van der Waals surface area contributed by atoms with Crippen LogP contribution in [0.5, 0.6) is 5.75 Å². The molecule has 0 N–H and O–H groups in total. The summed E-state index contributed by atoms with van der Waals surface area (Å²) in [5.74, 6) is 1.04. The minimum Gasteiger partial charge on any atom is -0.487 e. The van der Waals surface area contributed by atoms with E-state index in [9.17, 15) is 4.79 Å². The topological polar surface area (TPSA) is 44.1 Å². The second-order valence-electron chi connectivity index (χ2n) is 5.41. The Morgan fingerprint density at radius 2 is 2.15 bits per heavy atom. The first-order valence-corrected chi connectivity index (χ1v) is 6.96. The summed E-state index contributed by atoms with van der Waals surface area (Å²) in [6.07, 6.45) is 3.41. The number of carbonyl (C=O) groups is 1. The predicted molar refractivity (Wildman–Crippen MR) is 76.0 cm³/mol. The highest BCUT2D eigenvalue weighted by Crippen LogP contribution is 2.26. The average molecular weight is 270 g/mol. The van der Waals surface area contributed by atoms with Crippen molar-refractivity contribution < 1.29 is 9.53 Å². The molecule has 0 atom stereocenters. The van der Waals surface area contributed by atoms with Crippen LogP contribution in [0.15, 0.2) is 30.5 Å². The molecule has 0 amide bonds.